The maximum absolute atomic E-state index is 12.8. The first-order valence-corrected chi connectivity index (χ1v) is 8.54. The lowest BCUT2D eigenvalue weighted by molar-refractivity contribution is 0.161. The van der Waals surface area contributed by atoms with E-state index in [-0.39, 0.29) is 18.7 Å². The van der Waals surface area contributed by atoms with Crippen molar-refractivity contribution in [3.63, 3.8) is 0 Å². The number of hydrogen-bond donors (Lipinski definition) is 2. The van der Waals surface area contributed by atoms with E-state index in [2.05, 4.69) is 4.72 Å². The first-order chi connectivity index (χ1) is 10.4. The van der Waals surface area contributed by atoms with Crippen LogP contribution in [-0.4, -0.2) is 24.6 Å². The van der Waals surface area contributed by atoms with Gasteiger partial charge in [0.1, 0.15) is 5.82 Å². The summed E-state index contributed by atoms with van der Waals surface area (Å²) in [6.45, 7) is 0.135. The molecule has 2 rings (SSSR count). The van der Waals surface area contributed by atoms with Gasteiger partial charge in [-0.3, -0.25) is 0 Å². The van der Waals surface area contributed by atoms with Crippen molar-refractivity contribution >= 4 is 10.0 Å². The van der Waals surface area contributed by atoms with Crippen LogP contribution in [0.2, 0.25) is 0 Å². The second kappa shape index (κ2) is 7.04. The Bertz CT molecular complexity index is 711. The van der Waals surface area contributed by atoms with Crippen molar-refractivity contribution in [2.75, 3.05) is 6.54 Å². The fraction of sp³-hybridized carbons (Fsp3) is 0.333. The van der Waals surface area contributed by atoms with Crippen molar-refractivity contribution in [3.05, 3.63) is 59.7 Å². The number of sulfonamides is 1. The first kappa shape index (κ1) is 16.7. The van der Waals surface area contributed by atoms with Crippen molar-refractivity contribution in [2.45, 2.75) is 18.3 Å². The van der Waals surface area contributed by atoms with Crippen molar-refractivity contribution < 1.29 is 17.9 Å². The summed E-state index contributed by atoms with van der Waals surface area (Å²) in [6, 6.07) is 8.93. The van der Waals surface area contributed by atoms with Crippen molar-refractivity contribution in [1.82, 2.24) is 9.29 Å². The van der Waals surface area contributed by atoms with E-state index in [0.717, 1.165) is 5.69 Å². The number of halogens is 1. The van der Waals surface area contributed by atoms with Crippen LogP contribution in [0.1, 0.15) is 23.8 Å². The summed E-state index contributed by atoms with van der Waals surface area (Å²) < 4.78 is 40.9. The zero-order valence-electron chi connectivity index (χ0n) is 12.2. The van der Waals surface area contributed by atoms with Gasteiger partial charge in [-0.1, -0.05) is 12.1 Å². The molecule has 120 valence electrons. The van der Waals surface area contributed by atoms with Crippen LogP contribution >= 0.6 is 0 Å². The SMILES string of the molecule is Cn1cccc1C(O)CCNS(=O)(=O)Cc1ccc(F)cc1. The molecule has 0 spiro atoms. The van der Waals surface area contributed by atoms with Gasteiger partial charge in [0, 0.05) is 25.5 Å². The number of aliphatic hydroxyl groups excluding tert-OH is 1. The molecule has 5 nitrogen and oxygen atoms in total. The summed E-state index contributed by atoms with van der Waals surface area (Å²) in [7, 11) is -1.70. The molecule has 0 saturated carbocycles. The molecule has 0 aliphatic rings. The molecule has 2 N–H and O–H groups in total. The Balaban J connectivity index is 1.85. The van der Waals surface area contributed by atoms with E-state index in [1.165, 1.54) is 24.3 Å². The molecular weight excluding hydrogens is 307 g/mol. The highest BCUT2D eigenvalue weighted by Gasteiger charge is 2.14. The smallest absolute Gasteiger partial charge is 0.215 e. The van der Waals surface area contributed by atoms with Crippen LogP contribution in [0.3, 0.4) is 0 Å². The fourth-order valence-corrected chi connectivity index (χ4v) is 3.33. The lowest BCUT2D eigenvalue weighted by Crippen LogP contribution is -2.27. The maximum atomic E-state index is 12.8. The number of benzene rings is 1. The third kappa shape index (κ3) is 4.66. The largest absolute Gasteiger partial charge is 0.387 e. The second-order valence-electron chi connectivity index (χ2n) is 5.13. The monoisotopic (exact) mass is 326 g/mol. The Labute approximate surface area is 129 Å². The minimum Gasteiger partial charge on any atom is -0.387 e. The van der Waals surface area contributed by atoms with Crippen LogP contribution in [0.15, 0.2) is 42.6 Å². The molecule has 22 heavy (non-hydrogen) atoms. The minimum atomic E-state index is -3.51. The number of nitrogens with zero attached hydrogens (tertiary/aromatic N) is 1. The van der Waals surface area contributed by atoms with Crippen LogP contribution < -0.4 is 4.72 Å². The molecule has 0 amide bonds. The molecular formula is C15H19FN2O3S. The lowest BCUT2D eigenvalue weighted by atomic mass is 10.2. The summed E-state index contributed by atoms with van der Waals surface area (Å²) in [6.07, 6.45) is 1.37. The van der Waals surface area contributed by atoms with Gasteiger partial charge in [-0.2, -0.15) is 0 Å². The highest BCUT2D eigenvalue weighted by molar-refractivity contribution is 7.88. The Morgan fingerprint density at radius 2 is 1.95 bits per heavy atom. The number of aryl methyl sites for hydroxylation is 1. The standard InChI is InChI=1S/C15H19FN2O3S/c1-18-10-2-3-14(18)15(19)8-9-17-22(20,21)11-12-4-6-13(16)7-5-12/h2-7,10,15,17,19H,8-9,11H2,1H3. The van der Waals surface area contributed by atoms with Crippen molar-refractivity contribution in [2.24, 2.45) is 7.05 Å². The zero-order valence-corrected chi connectivity index (χ0v) is 13.1. The predicted molar refractivity (Wildman–Crippen MR) is 82.0 cm³/mol. The number of rotatable bonds is 7. The molecule has 1 unspecified atom stereocenters. The van der Waals surface area contributed by atoms with Crippen LogP contribution in [0, 0.1) is 5.82 Å². The molecule has 1 aromatic heterocycles. The summed E-state index contributed by atoms with van der Waals surface area (Å²) in [5.74, 6) is -0.618. The van der Waals surface area contributed by atoms with Gasteiger partial charge in [0.2, 0.25) is 10.0 Å². The highest BCUT2D eigenvalue weighted by atomic mass is 32.2. The molecule has 1 atom stereocenters. The van der Waals surface area contributed by atoms with Crippen molar-refractivity contribution in [1.29, 1.82) is 0 Å². The van der Waals surface area contributed by atoms with E-state index in [4.69, 9.17) is 0 Å². The predicted octanol–water partition coefficient (Wildman–Crippen LogP) is 1.71. The number of aliphatic hydroxyl groups is 1. The summed E-state index contributed by atoms with van der Waals surface area (Å²) in [5.41, 5.74) is 1.25. The summed E-state index contributed by atoms with van der Waals surface area (Å²) in [4.78, 5) is 0. The molecule has 1 heterocycles. The Kier molecular flexibility index (Phi) is 5.33. The summed E-state index contributed by atoms with van der Waals surface area (Å²) >= 11 is 0. The first-order valence-electron chi connectivity index (χ1n) is 6.88. The molecule has 0 fully saturated rings. The molecule has 0 bridgehead atoms. The van der Waals surface area contributed by atoms with Crippen LogP contribution in [0.5, 0.6) is 0 Å². The Hall–Kier alpha value is -1.70. The summed E-state index contributed by atoms with van der Waals surface area (Å²) in [5, 5.41) is 10.0. The van der Waals surface area contributed by atoms with E-state index in [9.17, 15) is 17.9 Å². The topological polar surface area (TPSA) is 71.3 Å². The molecule has 0 radical (unpaired) electrons. The molecule has 0 saturated heterocycles. The molecule has 1 aromatic carbocycles. The van der Waals surface area contributed by atoms with Gasteiger partial charge in [-0.15, -0.1) is 0 Å². The van der Waals surface area contributed by atoms with E-state index in [1.807, 2.05) is 19.3 Å². The average molecular weight is 326 g/mol. The number of aromatic nitrogens is 1. The third-order valence-corrected chi connectivity index (χ3v) is 4.69. The molecule has 7 heteroatoms. The molecule has 0 aliphatic carbocycles. The van der Waals surface area contributed by atoms with E-state index in [1.54, 1.807) is 10.6 Å². The number of hydrogen-bond acceptors (Lipinski definition) is 3. The van der Waals surface area contributed by atoms with Crippen molar-refractivity contribution in [3.8, 4) is 0 Å². The molecule has 0 aliphatic heterocycles. The third-order valence-electron chi connectivity index (χ3n) is 3.34. The van der Waals surface area contributed by atoms with Gasteiger partial charge in [-0.25, -0.2) is 17.5 Å². The Morgan fingerprint density at radius 1 is 1.27 bits per heavy atom. The van der Waals surface area contributed by atoms with Crippen LogP contribution in [0.25, 0.3) is 0 Å². The van der Waals surface area contributed by atoms with Crippen LogP contribution in [0.4, 0.5) is 4.39 Å². The van der Waals surface area contributed by atoms with Crippen LogP contribution in [-0.2, 0) is 22.8 Å². The van der Waals surface area contributed by atoms with Gasteiger partial charge in [0.25, 0.3) is 0 Å². The normalized spacial score (nSPS) is 13.2. The Morgan fingerprint density at radius 3 is 2.55 bits per heavy atom. The maximum Gasteiger partial charge on any atom is 0.215 e. The number of nitrogens with one attached hydrogen (secondary N) is 1. The quantitative estimate of drug-likeness (QED) is 0.814. The average Bonchev–Trinajstić information content (AvgIpc) is 2.87. The van der Waals surface area contributed by atoms with Gasteiger partial charge < -0.3 is 9.67 Å². The van der Waals surface area contributed by atoms with E-state index >= 15 is 0 Å². The lowest BCUT2D eigenvalue weighted by Gasteiger charge is -2.13. The minimum absolute atomic E-state index is 0.135. The van der Waals surface area contributed by atoms with Gasteiger partial charge in [-0.05, 0) is 36.2 Å². The highest BCUT2D eigenvalue weighted by Crippen LogP contribution is 2.16. The molecule has 2 aromatic rings. The second-order valence-corrected chi connectivity index (χ2v) is 6.94. The van der Waals surface area contributed by atoms with Gasteiger partial charge >= 0.3 is 0 Å². The van der Waals surface area contributed by atoms with E-state index < -0.39 is 21.9 Å². The van der Waals surface area contributed by atoms with Gasteiger partial charge in [0.05, 0.1) is 11.9 Å². The van der Waals surface area contributed by atoms with Gasteiger partial charge in [0.15, 0.2) is 0 Å². The fourth-order valence-electron chi connectivity index (χ4n) is 2.17. The zero-order chi connectivity index (χ0) is 16.2. The van der Waals surface area contributed by atoms with E-state index in [0.29, 0.717) is 5.56 Å².